The highest BCUT2D eigenvalue weighted by atomic mass is 35.5. The topological polar surface area (TPSA) is 27.7 Å². The van der Waals surface area contributed by atoms with Crippen LogP contribution in [0.15, 0.2) is 24.3 Å². The fourth-order valence-electron chi connectivity index (χ4n) is 5.70. The molecule has 2 unspecified atom stereocenters. The quantitative estimate of drug-likeness (QED) is 0.115. The molecule has 1 aliphatic rings. The van der Waals surface area contributed by atoms with Crippen LogP contribution in [0.5, 0.6) is 0 Å². The van der Waals surface area contributed by atoms with Crippen LogP contribution < -0.4 is 0 Å². The molecule has 0 N–H and O–H groups in total. The van der Waals surface area contributed by atoms with Crippen LogP contribution >= 0.6 is 11.6 Å². The van der Waals surface area contributed by atoms with Crippen molar-refractivity contribution >= 4 is 11.6 Å². The van der Waals surface area contributed by atoms with Crippen molar-refractivity contribution in [3.8, 4) is 0 Å². The van der Waals surface area contributed by atoms with Crippen LogP contribution in [0.25, 0.3) is 0 Å². The number of hydrogen-bond acceptors (Lipinski definition) is 3. The summed E-state index contributed by atoms with van der Waals surface area (Å²) >= 11 is 5.59. The largest absolute Gasteiger partial charge is 0.460 e. The van der Waals surface area contributed by atoms with E-state index in [1.165, 1.54) is 0 Å². The third-order valence-electron chi connectivity index (χ3n) is 10.1. The molecular formula is C31H19ClF34O3. The first-order valence-corrected chi connectivity index (χ1v) is 17.3. The maximum Gasteiger partial charge on any atom is 0.460 e. The Morgan fingerprint density at radius 1 is 0.406 bits per heavy atom. The molecule has 2 atom stereocenters. The Morgan fingerprint density at radius 2 is 0.667 bits per heavy atom. The predicted octanol–water partition coefficient (Wildman–Crippen LogP) is 14.7. The molecule has 0 aliphatic carbocycles. The molecule has 0 radical (unpaired) electrons. The maximum atomic E-state index is 15.0. The molecule has 406 valence electrons. The van der Waals surface area contributed by atoms with Crippen LogP contribution in [-0.2, 0) is 14.2 Å². The normalized spacial score (nSPS) is 19.4. The van der Waals surface area contributed by atoms with Crippen molar-refractivity contribution in [3.63, 3.8) is 0 Å². The Balaban J connectivity index is 2.77. The summed E-state index contributed by atoms with van der Waals surface area (Å²) in [5.74, 6) is -122. The lowest BCUT2D eigenvalue weighted by Gasteiger charge is -2.44. The zero-order valence-corrected chi connectivity index (χ0v) is 32.7. The Morgan fingerprint density at radius 3 is 0.928 bits per heavy atom. The summed E-state index contributed by atoms with van der Waals surface area (Å²) in [4.78, 5) is 0. The molecule has 1 heterocycles. The monoisotopic (exact) mass is 1120 g/mol. The third kappa shape index (κ3) is 9.04. The lowest BCUT2D eigenvalue weighted by Crippen LogP contribution is -2.74. The summed E-state index contributed by atoms with van der Waals surface area (Å²) in [6.45, 7) is -1.61. The summed E-state index contributed by atoms with van der Waals surface area (Å²) < 4.78 is 485. The molecule has 0 bridgehead atoms. The molecule has 1 aromatic rings. The molecule has 0 amide bonds. The van der Waals surface area contributed by atoms with Crippen molar-refractivity contribution in [2.24, 2.45) is 0 Å². The molecule has 3 nitrogen and oxygen atoms in total. The minimum Gasteiger partial charge on any atom is -0.375 e. The van der Waals surface area contributed by atoms with Crippen LogP contribution in [0, 0.1) is 0 Å². The Kier molecular flexibility index (Phi) is 15.9. The van der Waals surface area contributed by atoms with Gasteiger partial charge in [-0.15, -0.1) is 0 Å². The summed E-state index contributed by atoms with van der Waals surface area (Å²) in [7, 11) is -0.149. The second kappa shape index (κ2) is 17.6. The van der Waals surface area contributed by atoms with Gasteiger partial charge in [0.25, 0.3) is 0 Å². The summed E-state index contributed by atoms with van der Waals surface area (Å²) in [6.07, 6.45) is -34.6. The van der Waals surface area contributed by atoms with Gasteiger partial charge < -0.3 is 14.2 Å². The molecule has 0 saturated carbocycles. The van der Waals surface area contributed by atoms with Gasteiger partial charge in [0.1, 0.15) is 6.10 Å². The van der Waals surface area contributed by atoms with E-state index in [2.05, 4.69) is 4.74 Å². The number of halogens is 35. The van der Waals surface area contributed by atoms with Gasteiger partial charge in [0.2, 0.25) is 0 Å². The van der Waals surface area contributed by atoms with Gasteiger partial charge >= 0.3 is 95.3 Å². The number of hydrogen-bond donors (Lipinski definition) is 0. The average Bonchev–Trinajstić information content (AvgIpc) is 3.67. The first-order chi connectivity index (χ1) is 29.9. The van der Waals surface area contributed by atoms with Gasteiger partial charge in [0.05, 0.1) is 12.2 Å². The number of methoxy groups -OCH3 is 1. The van der Waals surface area contributed by atoms with Gasteiger partial charge in [-0.3, -0.25) is 0 Å². The average molecular weight is 1120 g/mol. The van der Waals surface area contributed by atoms with Crippen molar-refractivity contribution in [2.75, 3.05) is 13.7 Å². The SMILES string of the molecule is COC(CCC(F)(F)C(F)(F)C(F)(F)C(F)(F)C(F)(F)C(F)(F)C(F)(F)C(F)(F)F)(CCC(F)(F)C(F)(F)C(F)(F)C(F)(F)C(F)(F)C(F)(F)C(F)(F)C(F)(F)F)C1COC(c2ccc(Cl)cc2)O1. The molecule has 1 aromatic carbocycles. The lowest BCUT2D eigenvalue weighted by molar-refractivity contribution is -0.462. The molecule has 2 rings (SSSR count). The number of benzene rings is 1. The molecule has 69 heavy (non-hydrogen) atoms. The van der Waals surface area contributed by atoms with Crippen molar-refractivity contribution in [2.45, 2.75) is 139 Å². The lowest BCUT2D eigenvalue weighted by atomic mass is 9.80. The van der Waals surface area contributed by atoms with E-state index in [-0.39, 0.29) is 12.1 Å². The van der Waals surface area contributed by atoms with Crippen LogP contribution in [0.1, 0.15) is 37.5 Å². The van der Waals surface area contributed by atoms with Gasteiger partial charge in [0.15, 0.2) is 6.29 Å². The van der Waals surface area contributed by atoms with Gasteiger partial charge in [0, 0.05) is 30.5 Å². The first-order valence-electron chi connectivity index (χ1n) is 16.9. The molecule has 1 fully saturated rings. The van der Waals surface area contributed by atoms with Crippen LogP contribution in [-0.4, -0.2) is 121 Å². The van der Waals surface area contributed by atoms with Crippen molar-refractivity contribution in [3.05, 3.63) is 34.9 Å². The highest BCUT2D eigenvalue weighted by molar-refractivity contribution is 6.30. The minimum absolute atomic E-state index is 0.149. The van der Waals surface area contributed by atoms with E-state index in [9.17, 15) is 132 Å². The number of alkyl halides is 34. The van der Waals surface area contributed by atoms with Crippen LogP contribution in [0.3, 0.4) is 0 Å². The standard InChI is InChI=1S/C31H19ClF34O3/c1-67-15(13-10-68-14(69-13)11-2-4-12(32)5-3-11,6-8-16(33,34)18(37,38)20(41,42)22(45,46)24(49,50)26(53,54)28(57,58)30(61,62)63)7-9-17(35,36)19(39,40)21(43,44)23(47,48)25(51,52)27(55,56)29(59,60)31(64,65)66/h2-5,13-14H,6-10H2,1H3. The van der Waals surface area contributed by atoms with Gasteiger partial charge in [-0.05, 0) is 25.0 Å². The maximum absolute atomic E-state index is 15.0. The molecule has 0 spiro atoms. The molecular weight excluding hydrogens is 1100 g/mol. The fourth-order valence-corrected chi connectivity index (χ4v) is 5.83. The highest BCUT2D eigenvalue weighted by Crippen LogP contribution is 2.67. The smallest absolute Gasteiger partial charge is 0.375 e. The van der Waals surface area contributed by atoms with E-state index in [1.807, 2.05) is 0 Å². The second-order valence-corrected chi connectivity index (χ2v) is 14.8. The Bertz CT molecular complexity index is 1840. The Hall–Kier alpha value is -2.99. The van der Waals surface area contributed by atoms with E-state index in [0.717, 1.165) is 24.3 Å². The van der Waals surface area contributed by atoms with E-state index in [1.54, 1.807) is 0 Å². The van der Waals surface area contributed by atoms with E-state index < -0.39 is 151 Å². The molecule has 38 heteroatoms. The zero-order valence-electron chi connectivity index (χ0n) is 32.0. The number of rotatable bonds is 21. The first kappa shape index (κ1) is 62.1. The van der Waals surface area contributed by atoms with E-state index >= 15 is 17.6 Å². The minimum atomic E-state index is -9.19. The summed E-state index contributed by atoms with van der Waals surface area (Å²) in [6, 6.07) is 3.49. The highest BCUT2D eigenvalue weighted by Gasteiger charge is 2.97. The summed E-state index contributed by atoms with van der Waals surface area (Å²) in [5.41, 5.74) is -4.49. The third-order valence-corrected chi connectivity index (χ3v) is 10.4. The molecule has 1 saturated heterocycles. The molecule has 1 aliphatic heterocycles. The van der Waals surface area contributed by atoms with Gasteiger partial charge in [-0.25, -0.2) is 0 Å². The second-order valence-electron chi connectivity index (χ2n) is 14.4. The fraction of sp³-hybridized carbons (Fsp3) is 0.806. The van der Waals surface area contributed by atoms with Crippen molar-refractivity contribution in [1.82, 2.24) is 0 Å². The summed E-state index contributed by atoms with van der Waals surface area (Å²) in [5, 5.41) is -0.179. The van der Waals surface area contributed by atoms with Crippen LogP contribution in [0.4, 0.5) is 149 Å². The van der Waals surface area contributed by atoms with Gasteiger partial charge in [-0.1, -0.05) is 23.7 Å². The van der Waals surface area contributed by atoms with Crippen LogP contribution in [0.2, 0.25) is 5.02 Å². The van der Waals surface area contributed by atoms with E-state index in [4.69, 9.17) is 21.1 Å². The van der Waals surface area contributed by atoms with Gasteiger partial charge in [-0.2, -0.15) is 149 Å². The zero-order chi connectivity index (χ0) is 55.3. The predicted molar refractivity (Wildman–Crippen MR) is 155 cm³/mol. The van der Waals surface area contributed by atoms with Crippen molar-refractivity contribution < 1.29 is 163 Å². The van der Waals surface area contributed by atoms with E-state index in [0.29, 0.717) is 0 Å². The molecule has 0 aromatic heterocycles. The number of ether oxygens (including phenoxy) is 3. The van der Waals surface area contributed by atoms with Crippen molar-refractivity contribution in [1.29, 1.82) is 0 Å². The Labute approximate surface area is 363 Å².